The molecule has 0 saturated heterocycles. The molecule has 5 heteroatoms. The summed E-state index contributed by atoms with van der Waals surface area (Å²) >= 11 is 0. The van der Waals surface area contributed by atoms with Gasteiger partial charge in [0.2, 0.25) is 11.8 Å². The van der Waals surface area contributed by atoms with Gasteiger partial charge in [0, 0.05) is 20.4 Å². The van der Waals surface area contributed by atoms with E-state index in [0.717, 1.165) is 0 Å². The van der Waals surface area contributed by atoms with Crippen LogP contribution in [0, 0.1) is 11.3 Å². The number of carbonyl (C=O) groups is 2. The first kappa shape index (κ1) is 13.7. The van der Waals surface area contributed by atoms with Gasteiger partial charge in [0.1, 0.15) is 0 Å². The predicted octanol–water partition coefficient (Wildman–Crippen LogP) is 1.91. The van der Waals surface area contributed by atoms with Gasteiger partial charge in [0.25, 0.3) is 0 Å². The average molecular weight is 245 g/mol. The van der Waals surface area contributed by atoms with E-state index in [4.69, 9.17) is 5.26 Å². The number of para-hydroxylation sites is 2. The van der Waals surface area contributed by atoms with Gasteiger partial charge in [-0.05, 0) is 12.1 Å². The van der Waals surface area contributed by atoms with E-state index in [1.807, 2.05) is 6.07 Å². The van der Waals surface area contributed by atoms with Gasteiger partial charge in [0.05, 0.1) is 23.9 Å². The highest BCUT2D eigenvalue weighted by Crippen LogP contribution is 2.25. The summed E-state index contributed by atoms with van der Waals surface area (Å²) in [6, 6.07) is 9.02. The van der Waals surface area contributed by atoms with Gasteiger partial charge in [-0.2, -0.15) is 5.26 Å². The fraction of sp³-hybridized carbons (Fsp3) is 0.308. The molecule has 0 spiro atoms. The number of nitrogens with one attached hydrogen (secondary N) is 1. The van der Waals surface area contributed by atoms with Crippen LogP contribution in [0.15, 0.2) is 24.3 Å². The molecule has 1 aromatic rings. The van der Waals surface area contributed by atoms with Crippen molar-refractivity contribution in [2.45, 2.75) is 20.3 Å². The van der Waals surface area contributed by atoms with Crippen LogP contribution in [0.5, 0.6) is 0 Å². The van der Waals surface area contributed by atoms with Crippen LogP contribution in [-0.4, -0.2) is 18.4 Å². The van der Waals surface area contributed by atoms with Crippen molar-refractivity contribution in [2.75, 3.05) is 16.8 Å². The van der Waals surface area contributed by atoms with Crippen LogP contribution in [0.2, 0.25) is 0 Å². The lowest BCUT2D eigenvalue weighted by Crippen LogP contribution is -2.30. The standard InChI is InChI=1S/C13H15N3O2/c1-10(17)15-12-6-3-4-7-13(12)16(11(2)18)9-5-8-14/h3-4,6-7H,5,9H2,1-2H3,(H,15,17). The van der Waals surface area contributed by atoms with Crippen LogP contribution in [-0.2, 0) is 9.59 Å². The molecule has 0 aliphatic rings. The van der Waals surface area contributed by atoms with Gasteiger partial charge < -0.3 is 10.2 Å². The number of nitriles is 1. The molecule has 5 nitrogen and oxygen atoms in total. The lowest BCUT2D eigenvalue weighted by molar-refractivity contribution is -0.116. The second kappa shape index (κ2) is 6.40. The molecule has 0 bridgehead atoms. The monoisotopic (exact) mass is 245 g/mol. The fourth-order valence-corrected chi connectivity index (χ4v) is 1.61. The van der Waals surface area contributed by atoms with E-state index in [-0.39, 0.29) is 18.2 Å². The Labute approximate surface area is 106 Å². The zero-order valence-corrected chi connectivity index (χ0v) is 10.4. The summed E-state index contributed by atoms with van der Waals surface area (Å²) < 4.78 is 0. The van der Waals surface area contributed by atoms with Gasteiger partial charge >= 0.3 is 0 Å². The maximum atomic E-state index is 11.6. The number of hydrogen-bond donors (Lipinski definition) is 1. The second-order valence-electron chi connectivity index (χ2n) is 3.78. The quantitative estimate of drug-likeness (QED) is 0.880. The van der Waals surface area contributed by atoms with Crippen molar-refractivity contribution < 1.29 is 9.59 Å². The minimum atomic E-state index is -0.203. The van der Waals surface area contributed by atoms with Gasteiger partial charge in [0.15, 0.2) is 0 Å². The normalized spacial score (nSPS) is 9.39. The first-order chi connectivity index (χ1) is 8.56. The molecule has 0 aromatic heterocycles. The van der Waals surface area contributed by atoms with Crippen LogP contribution >= 0.6 is 0 Å². The number of carbonyl (C=O) groups excluding carboxylic acids is 2. The van der Waals surface area contributed by atoms with E-state index >= 15 is 0 Å². The highest BCUT2D eigenvalue weighted by Gasteiger charge is 2.15. The van der Waals surface area contributed by atoms with E-state index < -0.39 is 0 Å². The van der Waals surface area contributed by atoms with Gasteiger partial charge in [-0.3, -0.25) is 9.59 Å². The SMILES string of the molecule is CC(=O)Nc1ccccc1N(CCC#N)C(C)=O. The lowest BCUT2D eigenvalue weighted by atomic mass is 10.2. The third-order valence-corrected chi connectivity index (χ3v) is 2.33. The van der Waals surface area contributed by atoms with Crippen LogP contribution in [0.1, 0.15) is 20.3 Å². The summed E-state index contributed by atoms with van der Waals surface area (Å²) in [4.78, 5) is 24.2. The molecule has 0 radical (unpaired) electrons. The number of nitrogens with zero attached hydrogens (tertiary/aromatic N) is 2. The van der Waals surface area contributed by atoms with Crippen LogP contribution < -0.4 is 10.2 Å². The minimum absolute atomic E-state index is 0.164. The van der Waals surface area contributed by atoms with Gasteiger partial charge in [-0.25, -0.2) is 0 Å². The van der Waals surface area contributed by atoms with Gasteiger partial charge in [-0.1, -0.05) is 12.1 Å². The first-order valence-corrected chi connectivity index (χ1v) is 5.58. The fourth-order valence-electron chi connectivity index (χ4n) is 1.61. The number of anilines is 2. The van der Waals surface area contributed by atoms with Crippen molar-refractivity contribution in [2.24, 2.45) is 0 Å². The largest absolute Gasteiger partial charge is 0.325 e. The Kier molecular flexibility index (Phi) is 4.88. The van der Waals surface area contributed by atoms with Crippen molar-refractivity contribution in [3.63, 3.8) is 0 Å². The minimum Gasteiger partial charge on any atom is -0.325 e. The number of benzene rings is 1. The molecular formula is C13H15N3O2. The molecule has 0 atom stereocenters. The Bertz CT molecular complexity index is 491. The van der Waals surface area contributed by atoms with E-state index in [1.165, 1.54) is 18.7 Å². The molecule has 0 unspecified atom stereocenters. The van der Waals surface area contributed by atoms with Crippen molar-refractivity contribution in [3.05, 3.63) is 24.3 Å². The van der Waals surface area contributed by atoms with E-state index in [1.54, 1.807) is 24.3 Å². The Morgan fingerprint density at radius 1 is 1.33 bits per heavy atom. The summed E-state index contributed by atoms with van der Waals surface area (Å²) in [5.74, 6) is -0.366. The maximum absolute atomic E-state index is 11.6. The molecule has 94 valence electrons. The molecule has 1 N–H and O–H groups in total. The van der Waals surface area contributed by atoms with Crippen LogP contribution in [0.3, 0.4) is 0 Å². The Hall–Kier alpha value is -2.35. The Morgan fingerprint density at radius 3 is 2.56 bits per heavy atom. The molecule has 0 saturated carbocycles. The number of rotatable bonds is 4. The van der Waals surface area contributed by atoms with Crippen LogP contribution in [0.4, 0.5) is 11.4 Å². The number of hydrogen-bond acceptors (Lipinski definition) is 3. The van der Waals surface area contributed by atoms with E-state index in [0.29, 0.717) is 17.9 Å². The third-order valence-electron chi connectivity index (χ3n) is 2.33. The molecule has 0 aliphatic carbocycles. The van der Waals surface area contributed by atoms with Crippen molar-refractivity contribution in [1.82, 2.24) is 0 Å². The molecule has 1 rings (SSSR count). The topological polar surface area (TPSA) is 73.2 Å². The zero-order chi connectivity index (χ0) is 13.5. The molecule has 0 fully saturated rings. The van der Waals surface area contributed by atoms with Gasteiger partial charge in [-0.15, -0.1) is 0 Å². The molecule has 1 aromatic carbocycles. The number of amides is 2. The molecule has 18 heavy (non-hydrogen) atoms. The molecule has 0 heterocycles. The van der Waals surface area contributed by atoms with Crippen molar-refractivity contribution in [3.8, 4) is 6.07 Å². The zero-order valence-electron chi connectivity index (χ0n) is 10.4. The van der Waals surface area contributed by atoms with E-state index in [9.17, 15) is 9.59 Å². The maximum Gasteiger partial charge on any atom is 0.223 e. The highest BCUT2D eigenvalue weighted by molar-refractivity contribution is 5.99. The summed E-state index contributed by atoms with van der Waals surface area (Å²) in [6.07, 6.45) is 0.244. The first-order valence-electron chi connectivity index (χ1n) is 5.58. The molecule has 0 aliphatic heterocycles. The summed E-state index contributed by atoms with van der Waals surface area (Å²) in [6.45, 7) is 3.15. The second-order valence-corrected chi connectivity index (χ2v) is 3.78. The summed E-state index contributed by atoms with van der Waals surface area (Å²) in [5, 5.41) is 11.3. The smallest absolute Gasteiger partial charge is 0.223 e. The van der Waals surface area contributed by atoms with Crippen molar-refractivity contribution >= 4 is 23.2 Å². The lowest BCUT2D eigenvalue weighted by Gasteiger charge is -2.22. The average Bonchev–Trinajstić information content (AvgIpc) is 2.30. The molecular weight excluding hydrogens is 230 g/mol. The molecule has 2 amide bonds. The Morgan fingerprint density at radius 2 is 2.00 bits per heavy atom. The van der Waals surface area contributed by atoms with Crippen LogP contribution in [0.25, 0.3) is 0 Å². The summed E-state index contributed by atoms with van der Waals surface area (Å²) in [5.41, 5.74) is 1.17. The van der Waals surface area contributed by atoms with E-state index in [2.05, 4.69) is 5.32 Å². The summed E-state index contributed by atoms with van der Waals surface area (Å²) in [7, 11) is 0. The highest BCUT2D eigenvalue weighted by atomic mass is 16.2. The van der Waals surface area contributed by atoms with Crippen molar-refractivity contribution in [1.29, 1.82) is 5.26 Å². The Balaban J connectivity index is 3.07. The predicted molar refractivity (Wildman–Crippen MR) is 69.0 cm³/mol. The third kappa shape index (κ3) is 3.59.